The first kappa shape index (κ1) is 14.4. The van der Waals surface area contributed by atoms with Gasteiger partial charge in [0.25, 0.3) is 0 Å². The van der Waals surface area contributed by atoms with Gasteiger partial charge in [-0.1, -0.05) is 6.92 Å². The van der Waals surface area contributed by atoms with E-state index in [9.17, 15) is 4.39 Å². The predicted molar refractivity (Wildman–Crippen MR) is 75.5 cm³/mol. The molecule has 0 bridgehead atoms. The van der Waals surface area contributed by atoms with Crippen LogP contribution in [0.2, 0.25) is 0 Å². The lowest BCUT2D eigenvalue weighted by atomic mass is 10.1. The second-order valence-electron chi connectivity index (χ2n) is 5.52. The molecular formula is C15H24FN3. The Labute approximate surface area is 115 Å². The number of aromatic nitrogens is 1. The molecule has 1 aliphatic rings. The molecule has 0 aliphatic heterocycles. The SMILES string of the molecule is CCC(NCC(C)N(C)C1CC1)c1ccc(F)cn1. The second-order valence-corrected chi connectivity index (χ2v) is 5.52. The van der Waals surface area contributed by atoms with Crippen molar-refractivity contribution in [3.8, 4) is 0 Å². The maximum Gasteiger partial charge on any atom is 0.141 e. The number of likely N-dealkylation sites (N-methyl/N-ethyl adjacent to an activating group) is 1. The van der Waals surface area contributed by atoms with Crippen molar-refractivity contribution in [2.24, 2.45) is 0 Å². The van der Waals surface area contributed by atoms with Crippen LogP contribution in [0.25, 0.3) is 0 Å². The summed E-state index contributed by atoms with van der Waals surface area (Å²) in [6.07, 6.45) is 4.91. The summed E-state index contributed by atoms with van der Waals surface area (Å²) in [5.41, 5.74) is 0.921. The average Bonchev–Trinajstić information content (AvgIpc) is 3.24. The summed E-state index contributed by atoms with van der Waals surface area (Å²) >= 11 is 0. The molecule has 0 spiro atoms. The fourth-order valence-corrected chi connectivity index (χ4v) is 2.35. The van der Waals surface area contributed by atoms with Crippen LogP contribution in [0.1, 0.15) is 44.8 Å². The van der Waals surface area contributed by atoms with Gasteiger partial charge in [-0.25, -0.2) is 4.39 Å². The highest BCUT2D eigenvalue weighted by Gasteiger charge is 2.29. The van der Waals surface area contributed by atoms with Crippen LogP contribution < -0.4 is 5.32 Å². The fourth-order valence-electron chi connectivity index (χ4n) is 2.35. The molecule has 1 aromatic rings. The molecule has 1 N–H and O–H groups in total. The van der Waals surface area contributed by atoms with E-state index in [2.05, 4.69) is 36.1 Å². The van der Waals surface area contributed by atoms with Gasteiger partial charge in [0.05, 0.1) is 11.9 Å². The van der Waals surface area contributed by atoms with Crippen molar-refractivity contribution in [2.75, 3.05) is 13.6 Å². The summed E-state index contributed by atoms with van der Waals surface area (Å²) in [5.74, 6) is -0.277. The number of hydrogen-bond donors (Lipinski definition) is 1. The van der Waals surface area contributed by atoms with Gasteiger partial charge in [-0.05, 0) is 45.4 Å². The third kappa shape index (κ3) is 3.98. The lowest BCUT2D eigenvalue weighted by Crippen LogP contribution is -2.40. The minimum absolute atomic E-state index is 0.204. The van der Waals surface area contributed by atoms with Gasteiger partial charge in [0.15, 0.2) is 0 Å². The molecule has 2 atom stereocenters. The molecule has 0 saturated heterocycles. The third-order valence-electron chi connectivity index (χ3n) is 3.99. The third-order valence-corrected chi connectivity index (χ3v) is 3.99. The number of halogens is 1. The molecule has 2 unspecified atom stereocenters. The van der Waals surface area contributed by atoms with E-state index in [-0.39, 0.29) is 11.9 Å². The smallest absolute Gasteiger partial charge is 0.141 e. The minimum atomic E-state index is -0.277. The molecule has 0 aromatic carbocycles. The molecule has 19 heavy (non-hydrogen) atoms. The number of nitrogens with zero attached hydrogens (tertiary/aromatic N) is 2. The Morgan fingerprint density at radius 2 is 2.21 bits per heavy atom. The van der Waals surface area contributed by atoms with E-state index in [4.69, 9.17) is 0 Å². The molecule has 106 valence electrons. The zero-order chi connectivity index (χ0) is 13.8. The Morgan fingerprint density at radius 1 is 1.47 bits per heavy atom. The first-order chi connectivity index (χ1) is 9.11. The van der Waals surface area contributed by atoms with Crippen molar-refractivity contribution >= 4 is 0 Å². The molecule has 1 aliphatic carbocycles. The van der Waals surface area contributed by atoms with Crippen LogP contribution in [0.15, 0.2) is 18.3 Å². The molecule has 0 amide bonds. The van der Waals surface area contributed by atoms with Crippen LogP contribution in [0.4, 0.5) is 4.39 Å². The molecule has 1 saturated carbocycles. The molecule has 2 rings (SSSR count). The van der Waals surface area contributed by atoms with Crippen LogP contribution in [-0.2, 0) is 0 Å². The highest BCUT2D eigenvalue weighted by Crippen LogP contribution is 2.27. The average molecular weight is 265 g/mol. The summed E-state index contributed by atoms with van der Waals surface area (Å²) in [4.78, 5) is 6.61. The number of rotatable bonds is 7. The minimum Gasteiger partial charge on any atom is -0.307 e. The molecular weight excluding hydrogens is 241 g/mol. The summed E-state index contributed by atoms with van der Waals surface area (Å²) in [5, 5.41) is 3.54. The monoisotopic (exact) mass is 265 g/mol. The van der Waals surface area contributed by atoms with Gasteiger partial charge in [0, 0.05) is 24.7 Å². The van der Waals surface area contributed by atoms with Gasteiger partial charge in [0.1, 0.15) is 5.82 Å². The Balaban J connectivity index is 1.86. The van der Waals surface area contributed by atoms with Gasteiger partial charge in [-0.2, -0.15) is 0 Å². The van der Waals surface area contributed by atoms with Crippen molar-refractivity contribution < 1.29 is 4.39 Å². The van der Waals surface area contributed by atoms with Crippen molar-refractivity contribution in [1.82, 2.24) is 15.2 Å². The predicted octanol–water partition coefficient (Wildman–Crippen LogP) is 2.74. The van der Waals surface area contributed by atoms with E-state index >= 15 is 0 Å². The van der Waals surface area contributed by atoms with E-state index in [1.165, 1.54) is 25.1 Å². The summed E-state index contributed by atoms with van der Waals surface area (Å²) in [7, 11) is 2.20. The number of nitrogens with one attached hydrogen (secondary N) is 1. The van der Waals surface area contributed by atoms with Gasteiger partial charge < -0.3 is 5.32 Å². The Kier molecular flexibility index (Phi) is 4.88. The highest BCUT2D eigenvalue weighted by atomic mass is 19.1. The zero-order valence-corrected chi connectivity index (χ0v) is 12.1. The standard InChI is InChI=1S/C15H24FN3/c1-4-14(15-8-5-12(16)10-18-15)17-9-11(2)19(3)13-6-7-13/h5,8,10-11,13-14,17H,4,6-7,9H2,1-3H3. The quantitative estimate of drug-likeness (QED) is 0.821. The molecule has 4 heteroatoms. The summed E-state index contributed by atoms with van der Waals surface area (Å²) < 4.78 is 12.9. The summed E-state index contributed by atoms with van der Waals surface area (Å²) in [6.45, 7) is 5.30. The van der Waals surface area contributed by atoms with E-state index in [1.54, 1.807) is 6.07 Å². The maximum absolute atomic E-state index is 12.9. The number of pyridine rings is 1. The van der Waals surface area contributed by atoms with E-state index in [0.717, 1.165) is 24.7 Å². The Morgan fingerprint density at radius 3 is 2.74 bits per heavy atom. The molecule has 1 aromatic heterocycles. The highest BCUT2D eigenvalue weighted by molar-refractivity contribution is 5.09. The van der Waals surface area contributed by atoms with Crippen molar-refractivity contribution in [3.05, 3.63) is 29.8 Å². The molecule has 1 fully saturated rings. The van der Waals surface area contributed by atoms with Crippen LogP contribution in [0.5, 0.6) is 0 Å². The van der Waals surface area contributed by atoms with Crippen LogP contribution in [-0.4, -0.2) is 35.6 Å². The Hall–Kier alpha value is -1.00. The van der Waals surface area contributed by atoms with Crippen molar-refractivity contribution in [3.63, 3.8) is 0 Å². The lowest BCUT2D eigenvalue weighted by molar-refractivity contribution is 0.234. The topological polar surface area (TPSA) is 28.2 Å². The number of hydrogen-bond acceptors (Lipinski definition) is 3. The van der Waals surface area contributed by atoms with Crippen LogP contribution in [0.3, 0.4) is 0 Å². The van der Waals surface area contributed by atoms with E-state index < -0.39 is 0 Å². The van der Waals surface area contributed by atoms with Crippen LogP contribution in [0, 0.1) is 5.82 Å². The van der Waals surface area contributed by atoms with Crippen LogP contribution >= 0.6 is 0 Å². The van der Waals surface area contributed by atoms with Gasteiger partial charge in [-0.3, -0.25) is 9.88 Å². The molecule has 1 heterocycles. The fraction of sp³-hybridized carbons (Fsp3) is 0.667. The first-order valence-electron chi connectivity index (χ1n) is 7.18. The van der Waals surface area contributed by atoms with Gasteiger partial charge in [-0.15, -0.1) is 0 Å². The normalized spacial score (nSPS) is 18.6. The maximum atomic E-state index is 12.9. The molecule has 0 radical (unpaired) electrons. The first-order valence-corrected chi connectivity index (χ1v) is 7.18. The lowest BCUT2D eigenvalue weighted by Gasteiger charge is -2.27. The molecule has 3 nitrogen and oxygen atoms in total. The summed E-state index contributed by atoms with van der Waals surface area (Å²) in [6, 6.07) is 4.75. The zero-order valence-electron chi connectivity index (χ0n) is 12.1. The van der Waals surface area contributed by atoms with Crippen molar-refractivity contribution in [1.29, 1.82) is 0 Å². The van der Waals surface area contributed by atoms with Gasteiger partial charge in [0.2, 0.25) is 0 Å². The largest absolute Gasteiger partial charge is 0.307 e. The van der Waals surface area contributed by atoms with E-state index in [0.29, 0.717) is 6.04 Å². The van der Waals surface area contributed by atoms with E-state index in [1.807, 2.05) is 0 Å². The second kappa shape index (κ2) is 6.44. The van der Waals surface area contributed by atoms with Gasteiger partial charge >= 0.3 is 0 Å². The Bertz CT molecular complexity index is 389. The van der Waals surface area contributed by atoms with Crippen molar-refractivity contribution in [2.45, 2.75) is 51.2 Å².